The Kier molecular flexibility index (Phi) is 7.29. The molecule has 3 heterocycles. The lowest BCUT2D eigenvalue weighted by Crippen LogP contribution is -2.40. The van der Waals surface area contributed by atoms with Crippen molar-refractivity contribution in [1.82, 2.24) is 14.5 Å². The van der Waals surface area contributed by atoms with Crippen molar-refractivity contribution >= 4 is 11.6 Å². The summed E-state index contributed by atoms with van der Waals surface area (Å²) in [7, 11) is 3.58. The predicted octanol–water partition coefficient (Wildman–Crippen LogP) is 4.83. The maximum Gasteiger partial charge on any atom is 0.291 e. The van der Waals surface area contributed by atoms with Gasteiger partial charge < -0.3 is 19.3 Å². The molecule has 3 atom stereocenters. The molecule has 1 saturated heterocycles. The number of rotatable bonds is 5. The third kappa shape index (κ3) is 4.98. The predicted molar refractivity (Wildman–Crippen MR) is 133 cm³/mol. The van der Waals surface area contributed by atoms with Gasteiger partial charge in [0.1, 0.15) is 11.8 Å². The van der Waals surface area contributed by atoms with E-state index in [0.717, 1.165) is 37.8 Å². The number of ether oxygens (including phenoxy) is 2. The summed E-state index contributed by atoms with van der Waals surface area (Å²) < 4.78 is 21.4. The van der Waals surface area contributed by atoms with Crippen LogP contribution in [0, 0.1) is 19.3 Å². The van der Waals surface area contributed by atoms with Crippen LogP contribution in [0.2, 0.25) is 0 Å². The summed E-state index contributed by atoms with van der Waals surface area (Å²) in [5.74, 6) is 0.0844. The molecule has 3 unspecified atom stereocenters. The van der Waals surface area contributed by atoms with Crippen LogP contribution in [0.5, 0.6) is 0 Å². The van der Waals surface area contributed by atoms with E-state index < -0.39 is 5.91 Å². The van der Waals surface area contributed by atoms with E-state index in [1.807, 2.05) is 25.6 Å². The van der Waals surface area contributed by atoms with E-state index in [1.54, 1.807) is 11.8 Å². The molecule has 2 aromatic rings. The quantitative estimate of drug-likeness (QED) is 0.647. The number of hydrogen-bond donors (Lipinski definition) is 1. The largest absolute Gasteiger partial charge is 0.381 e. The summed E-state index contributed by atoms with van der Waals surface area (Å²) in [4.78, 5) is 26.5. The molecule has 2 fully saturated rings. The third-order valence-corrected chi connectivity index (χ3v) is 7.80. The Labute approximate surface area is 207 Å². The molecule has 0 spiro atoms. The monoisotopic (exact) mass is 488 g/mol. The van der Waals surface area contributed by atoms with Crippen LogP contribution in [-0.4, -0.2) is 39.7 Å². The highest BCUT2D eigenvalue weighted by Gasteiger charge is 2.39. The normalized spacial score (nSPS) is 24.0. The van der Waals surface area contributed by atoms with E-state index in [2.05, 4.69) is 31.2 Å². The van der Waals surface area contributed by atoms with E-state index in [0.29, 0.717) is 23.4 Å². The van der Waals surface area contributed by atoms with Gasteiger partial charge in [-0.05, 0) is 32.1 Å². The summed E-state index contributed by atoms with van der Waals surface area (Å²) in [6, 6.07) is 0.166. The lowest BCUT2D eigenvalue weighted by molar-refractivity contribution is -0.150. The number of anilines is 1. The van der Waals surface area contributed by atoms with Gasteiger partial charge in [-0.15, -0.1) is 0 Å². The van der Waals surface area contributed by atoms with Crippen LogP contribution in [0.25, 0.3) is 0 Å². The van der Waals surface area contributed by atoms with Crippen LogP contribution in [0.1, 0.15) is 105 Å². The molecule has 1 saturated carbocycles. The summed E-state index contributed by atoms with van der Waals surface area (Å²) in [6.45, 7) is 10.1. The second-order valence-electron chi connectivity index (χ2n) is 11.2. The number of amides is 1. The van der Waals surface area contributed by atoms with Gasteiger partial charge in [-0.25, -0.2) is 4.68 Å². The van der Waals surface area contributed by atoms with Gasteiger partial charge >= 0.3 is 0 Å². The van der Waals surface area contributed by atoms with Crippen LogP contribution in [-0.2, 0) is 16.5 Å². The molecular formula is C26H40N4O5. The average molecular weight is 489 g/mol. The zero-order valence-electron chi connectivity index (χ0n) is 22.1. The van der Waals surface area contributed by atoms with Crippen molar-refractivity contribution < 1.29 is 18.8 Å². The molecule has 0 aromatic carbocycles. The van der Waals surface area contributed by atoms with Gasteiger partial charge in [0.05, 0.1) is 23.9 Å². The van der Waals surface area contributed by atoms with Crippen molar-refractivity contribution in [2.75, 3.05) is 12.4 Å². The highest BCUT2D eigenvalue weighted by atomic mass is 16.5. The van der Waals surface area contributed by atoms with Gasteiger partial charge in [-0.3, -0.25) is 14.3 Å². The molecule has 2 aromatic heterocycles. The molecule has 2 aliphatic rings. The molecule has 4 rings (SSSR count). The third-order valence-electron chi connectivity index (χ3n) is 7.80. The molecule has 0 bridgehead atoms. The maximum atomic E-state index is 13.3. The number of hydrogen-bond acceptors (Lipinski definition) is 6. The smallest absolute Gasteiger partial charge is 0.291 e. The molecule has 1 aliphatic carbocycles. The number of aromatic nitrogens is 3. The van der Waals surface area contributed by atoms with E-state index in [4.69, 9.17) is 14.0 Å². The first-order valence-corrected chi connectivity index (χ1v) is 12.8. The highest BCUT2D eigenvalue weighted by Crippen LogP contribution is 2.40. The lowest BCUT2D eigenvalue weighted by atomic mass is 9.82. The first-order chi connectivity index (χ1) is 16.5. The van der Waals surface area contributed by atoms with Gasteiger partial charge in [0.15, 0.2) is 11.5 Å². The Balaban J connectivity index is 1.57. The van der Waals surface area contributed by atoms with Crippen LogP contribution in [0.4, 0.5) is 5.69 Å². The Hall–Kier alpha value is -2.39. The number of methoxy groups -OCH3 is 1. The zero-order valence-corrected chi connectivity index (χ0v) is 22.1. The minimum absolute atomic E-state index is 0.0156. The van der Waals surface area contributed by atoms with E-state index in [-0.39, 0.29) is 41.0 Å². The molecule has 1 amide bonds. The topological polar surface area (TPSA) is 101 Å². The molecule has 194 valence electrons. The molecule has 1 N–H and O–H groups in total. The van der Waals surface area contributed by atoms with Crippen molar-refractivity contribution in [3.05, 3.63) is 33.1 Å². The minimum Gasteiger partial charge on any atom is -0.381 e. The van der Waals surface area contributed by atoms with Crippen molar-refractivity contribution in [1.29, 1.82) is 0 Å². The maximum absolute atomic E-state index is 13.3. The van der Waals surface area contributed by atoms with Gasteiger partial charge in [-0.1, -0.05) is 45.2 Å². The number of carbonyl (C=O) groups excluding carboxylic acids is 1. The van der Waals surface area contributed by atoms with Crippen molar-refractivity contribution in [2.45, 2.75) is 104 Å². The van der Waals surface area contributed by atoms with E-state index >= 15 is 0 Å². The summed E-state index contributed by atoms with van der Waals surface area (Å²) in [5, 5.41) is 6.90. The van der Waals surface area contributed by atoms with Crippen LogP contribution >= 0.6 is 0 Å². The summed E-state index contributed by atoms with van der Waals surface area (Å²) in [6.07, 6.45) is 6.50. The van der Waals surface area contributed by atoms with Gasteiger partial charge in [0, 0.05) is 32.6 Å². The molecule has 0 radical (unpaired) electrons. The van der Waals surface area contributed by atoms with Crippen LogP contribution in [0.15, 0.2) is 9.32 Å². The fourth-order valence-electron chi connectivity index (χ4n) is 5.44. The van der Waals surface area contributed by atoms with Crippen LogP contribution in [0.3, 0.4) is 0 Å². The van der Waals surface area contributed by atoms with Gasteiger partial charge in [0.2, 0.25) is 0 Å². The fourth-order valence-corrected chi connectivity index (χ4v) is 5.44. The fraction of sp³-hybridized carbons (Fsp3) is 0.731. The van der Waals surface area contributed by atoms with Crippen molar-refractivity contribution in [2.24, 2.45) is 12.5 Å². The van der Waals surface area contributed by atoms with E-state index in [1.165, 1.54) is 6.42 Å². The Morgan fingerprint density at radius 3 is 2.46 bits per heavy atom. The molecule has 9 nitrogen and oxygen atoms in total. The van der Waals surface area contributed by atoms with Crippen LogP contribution < -0.4 is 10.9 Å². The highest BCUT2D eigenvalue weighted by molar-refractivity contribution is 6.04. The Morgan fingerprint density at radius 2 is 1.83 bits per heavy atom. The Bertz CT molecular complexity index is 1120. The second-order valence-corrected chi connectivity index (χ2v) is 11.2. The summed E-state index contributed by atoms with van der Waals surface area (Å²) >= 11 is 0. The zero-order chi connectivity index (χ0) is 25.5. The standard InChI is InChI=1S/C26H40N4O5/c1-15-21(28-35-23(15)19-13-18(33-7)14-20(34-19)26(3,4)5)24(31)27-22-16(2)29(6)30(25(22)32)17-11-9-8-10-12-17/h17-20H,8-14H2,1-7H3,(H,27,31). The first kappa shape index (κ1) is 25.7. The molecule has 1 aliphatic heterocycles. The second kappa shape index (κ2) is 9.93. The molecule has 35 heavy (non-hydrogen) atoms. The SMILES string of the molecule is COC1CC(c2onc(C(=O)Nc3c(C)n(C)n(C4CCCCC4)c3=O)c2C)OC(C(C)(C)C)C1. The minimum atomic E-state index is -0.453. The Morgan fingerprint density at radius 1 is 1.14 bits per heavy atom. The number of nitrogens with one attached hydrogen (secondary N) is 1. The van der Waals surface area contributed by atoms with E-state index in [9.17, 15) is 9.59 Å². The number of nitrogens with zero attached hydrogens (tertiary/aromatic N) is 3. The summed E-state index contributed by atoms with van der Waals surface area (Å²) in [5.41, 5.74) is 1.58. The molecular weight excluding hydrogens is 448 g/mol. The first-order valence-electron chi connectivity index (χ1n) is 12.8. The molecule has 9 heteroatoms. The lowest BCUT2D eigenvalue weighted by Gasteiger charge is -2.40. The number of carbonyl (C=O) groups is 1. The van der Waals surface area contributed by atoms with Crippen molar-refractivity contribution in [3.63, 3.8) is 0 Å². The van der Waals surface area contributed by atoms with Gasteiger partial charge in [0.25, 0.3) is 11.5 Å². The van der Waals surface area contributed by atoms with Crippen molar-refractivity contribution in [3.8, 4) is 0 Å². The van der Waals surface area contributed by atoms with Gasteiger partial charge in [-0.2, -0.15) is 0 Å². The average Bonchev–Trinajstić information content (AvgIpc) is 3.31.